The molecule has 2 atom stereocenters. The van der Waals surface area contributed by atoms with Crippen LogP contribution in [0.3, 0.4) is 0 Å². The van der Waals surface area contributed by atoms with Gasteiger partial charge in [-0.2, -0.15) is 4.98 Å². The molecular formula is C29H29ClFN5. The molecule has 4 aromatic rings. The number of benzene rings is 2. The van der Waals surface area contributed by atoms with Crippen molar-refractivity contribution in [3.63, 3.8) is 0 Å². The molecule has 2 unspecified atom stereocenters. The first-order valence-corrected chi connectivity index (χ1v) is 13.3. The van der Waals surface area contributed by atoms with Crippen molar-refractivity contribution in [1.29, 1.82) is 0 Å². The first kappa shape index (κ1) is 22.2. The Hall–Kier alpha value is -2.99. The monoisotopic (exact) mass is 501 g/mol. The van der Waals surface area contributed by atoms with Crippen molar-refractivity contribution < 1.29 is 4.39 Å². The number of hydrogen-bond acceptors (Lipinski definition) is 5. The largest absolute Gasteiger partial charge is 0.355 e. The van der Waals surface area contributed by atoms with Gasteiger partial charge in [0, 0.05) is 48.3 Å². The average Bonchev–Trinajstić information content (AvgIpc) is 3.19. The Morgan fingerprint density at radius 2 is 1.69 bits per heavy atom. The van der Waals surface area contributed by atoms with Gasteiger partial charge in [-0.1, -0.05) is 55.8 Å². The van der Waals surface area contributed by atoms with E-state index in [1.807, 2.05) is 36.4 Å². The van der Waals surface area contributed by atoms with Crippen molar-refractivity contribution in [3.8, 4) is 11.3 Å². The minimum atomic E-state index is -0.412. The Labute approximate surface area is 215 Å². The van der Waals surface area contributed by atoms with Crippen LogP contribution >= 0.6 is 11.6 Å². The maximum Gasteiger partial charge on any atom is 0.228 e. The highest BCUT2D eigenvalue weighted by Crippen LogP contribution is 2.42. The van der Waals surface area contributed by atoms with Crippen LogP contribution < -0.4 is 9.80 Å². The minimum absolute atomic E-state index is 0.213. The predicted octanol–water partition coefficient (Wildman–Crippen LogP) is 6.72. The number of fused-ring (bicyclic) bond motifs is 4. The van der Waals surface area contributed by atoms with Gasteiger partial charge in [0.15, 0.2) is 5.82 Å². The van der Waals surface area contributed by atoms with E-state index >= 15 is 4.39 Å². The summed E-state index contributed by atoms with van der Waals surface area (Å²) in [4.78, 5) is 19.0. The molecule has 1 aliphatic carbocycles. The zero-order chi connectivity index (χ0) is 24.6. The van der Waals surface area contributed by atoms with Crippen LogP contribution in [0.5, 0.6) is 0 Å². The van der Waals surface area contributed by atoms with E-state index in [-0.39, 0.29) is 11.1 Å². The van der Waals surface area contributed by atoms with Gasteiger partial charge in [-0.15, -0.1) is 0 Å². The van der Waals surface area contributed by atoms with Gasteiger partial charge in [0.1, 0.15) is 17.0 Å². The second kappa shape index (κ2) is 8.01. The molecule has 5 nitrogen and oxygen atoms in total. The van der Waals surface area contributed by atoms with Gasteiger partial charge in [-0.3, -0.25) is 4.98 Å². The number of pyridine rings is 1. The smallest absolute Gasteiger partial charge is 0.228 e. The van der Waals surface area contributed by atoms with Gasteiger partial charge in [-0.05, 0) is 48.0 Å². The fourth-order valence-electron chi connectivity index (χ4n) is 6.60. The Balaban J connectivity index is 1.42. The van der Waals surface area contributed by atoms with E-state index in [1.165, 1.54) is 19.3 Å². The molecule has 2 aromatic heterocycles. The normalized spacial score (nSPS) is 22.9. The van der Waals surface area contributed by atoms with E-state index in [1.54, 1.807) is 6.20 Å². The predicted molar refractivity (Wildman–Crippen MR) is 144 cm³/mol. The van der Waals surface area contributed by atoms with Crippen molar-refractivity contribution in [2.45, 2.75) is 33.1 Å². The van der Waals surface area contributed by atoms with Gasteiger partial charge in [-0.25, -0.2) is 9.37 Å². The van der Waals surface area contributed by atoms with Gasteiger partial charge in [0.2, 0.25) is 5.95 Å². The van der Waals surface area contributed by atoms with Crippen molar-refractivity contribution >= 4 is 45.0 Å². The summed E-state index contributed by atoms with van der Waals surface area (Å²) in [5.74, 6) is 2.40. The highest BCUT2D eigenvalue weighted by Gasteiger charge is 2.38. The fraction of sp³-hybridized carbons (Fsp3) is 0.414. The minimum Gasteiger partial charge on any atom is -0.355 e. The number of nitrogens with zero attached hydrogens (tertiary/aromatic N) is 5. The molecule has 2 aliphatic heterocycles. The molecule has 7 heteroatoms. The van der Waals surface area contributed by atoms with Gasteiger partial charge >= 0.3 is 0 Å². The molecule has 0 N–H and O–H groups in total. The molecule has 0 amide bonds. The van der Waals surface area contributed by atoms with Crippen molar-refractivity contribution in [2.75, 3.05) is 36.0 Å². The number of halogens is 2. The SMILES string of the molecule is CC1(C)CN(c2nc(N3CC4CCC(C4)C3)c3cnc(-c4cccc5cccc(Cl)c45)c(F)c3n2)C1. The van der Waals surface area contributed by atoms with E-state index < -0.39 is 5.82 Å². The molecule has 1 saturated carbocycles. The maximum absolute atomic E-state index is 16.4. The molecule has 0 spiro atoms. The van der Waals surface area contributed by atoms with E-state index in [0.29, 0.717) is 39.3 Å². The third-order valence-electron chi connectivity index (χ3n) is 8.19. The molecule has 3 fully saturated rings. The zero-order valence-electron chi connectivity index (χ0n) is 20.6. The number of aromatic nitrogens is 3. The third kappa shape index (κ3) is 3.52. The lowest BCUT2D eigenvalue weighted by Crippen LogP contribution is -2.53. The molecule has 36 heavy (non-hydrogen) atoms. The van der Waals surface area contributed by atoms with Crippen LogP contribution in [-0.2, 0) is 0 Å². The van der Waals surface area contributed by atoms with Crippen LogP contribution in [0.1, 0.15) is 33.1 Å². The molecule has 2 saturated heterocycles. The van der Waals surface area contributed by atoms with E-state index in [0.717, 1.165) is 42.8 Å². The molecule has 0 radical (unpaired) electrons. The van der Waals surface area contributed by atoms with Crippen LogP contribution in [-0.4, -0.2) is 41.1 Å². The summed E-state index contributed by atoms with van der Waals surface area (Å²) >= 11 is 6.57. The van der Waals surface area contributed by atoms with E-state index in [4.69, 9.17) is 21.6 Å². The number of piperidine rings is 1. The van der Waals surface area contributed by atoms with Crippen molar-refractivity contribution in [1.82, 2.24) is 15.0 Å². The summed E-state index contributed by atoms with van der Waals surface area (Å²) in [6, 6.07) is 11.5. The van der Waals surface area contributed by atoms with Crippen LogP contribution in [0.4, 0.5) is 16.2 Å². The molecule has 2 aromatic carbocycles. The molecular weight excluding hydrogens is 473 g/mol. The summed E-state index contributed by atoms with van der Waals surface area (Å²) in [5, 5.41) is 3.03. The summed E-state index contributed by atoms with van der Waals surface area (Å²) in [6.45, 7) is 8.14. The van der Waals surface area contributed by atoms with E-state index in [2.05, 4.69) is 28.6 Å². The first-order valence-electron chi connectivity index (χ1n) is 12.9. The van der Waals surface area contributed by atoms with Crippen LogP contribution in [0.15, 0.2) is 42.6 Å². The third-order valence-corrected chi connectivity index (χ3v) is 8.50. The highest BCUT2D eigenvalue weighted by atomic mass is 35.5. The molecule has 2 bridgehead atoms. The Kier molecular flexibility index (Phi) is 4.94. The quantitative estimate of drug-likeness (QED) is 0.312. The lowest BCUT2D eigenvalue weighted by molar-refractivity contribution is 0.272. The maximum atomic E-state index is 16.4. The zero-order valence-corrected chi connectivity index (χ0v) is 21.4. The summed E-state index contributed by atoms with van der Waals surface area (Å²) < 4.78 is 16.4. The summed E-state index contributed by atoms with van der Waals surface area (Å²) in [6.07, 6.45) is 5.61. The van der Waals surface area contributed by atoms with E-state index in [9.17, 15) is 0 Å². The fourth-order valence-corrected chi connectivity index (χ4v) is 6.89. The Morgan fingerprint density at radius 3 is 2.42 bits per heavy atom. The highest BCUT2D eigenvalue weighted by molar-refractivity contribution is 6.36. The lowest BCUT2D eigenvalue weighted by atomic mass is 9.85. The Morgan fingerprint density at radius 1 is 0.972 bits per heavy atom. The second-order valence-corrected chi connectivity index (χ2v) is 12.1. The van der Waals surface area contributed by atoms with Crippen molar-refractivity contribution in [2.24, 2.45) is 17.3 Å². The molecule has 3 aliphatic rings. The van der Waals surface area contributed by atoms with Crippen molar-refractivity contribution in [3.05, 3.63) is 53.4 Å². The summed E-state index contributed by atoms with van der Waals surface area (Å²) in [7, 11) is 0. The van der Waals surface area contributed by atoms with Crippen LogP contribution in [0, 0.1) is 23.1 Å². The van der Waals surface area contributed by atoms with Gasteiger partial charge in [0.05, 0.1) is 5.39 Å². The average molecular weight is 502 g/mol. The van der Waals surface area contributed by atoms with Gasteiger partial charge in [0.25, 0.3) is 0 Å². The second-order valence-electron chi connectivity index (χ2n) is 11.6. The topological polar surface area (TPSA) is 45.2 Å². The number of anilines is 2. The number of hydrogen-bond donors (Lipinski definition) is 0. The lowest BCUT2D eigenvalue weighted by Gasteiger charge is -2.46. The first-order chi connectivity index (χ1) is 17.4. The summed E-state index contributed by atoms with van der Waals surface area (Å²) in [5.41, 5.74) is 1.51. The Bertz CT molecular complexity index is 1490. The van der Waals surface area contributed by atoms with Crippen LogP contribution in [0.2, 0.25) is 5.02 Å². The molecule has 4 heterocycles. The van der Waals surface area contributed by atoms with Crippen LogP contribution in [0.25, 0.3) is 32.9 Å². The van der Waals surface area contributed by atoms with Gasteiger partial charge < -0.3 is 9.80 Å². The molecule has 7 rings (SSSR count). The number of rotatable bonds is 3. The molecule has 184 valence electrons. The standard InChI is InChI=1S/C29H29ClFN5/c1-29(2)15-36(16-29)28-33-26-21(27(34-28)35-13-17-9-10-18(11-17)14-35)12-32-25(24(26)31)20-7-3-5-19-6-4-8-22(30)23(19)20/h3-8,12,17-18H,9-11,13-16H2,1-2H3.